The zero-order chi connectivity index (χ0) is 25.2. The van der Waals surface area contributed by atoms with E-state index in [1.807, 2.05) is 16.6 Å². The molecule has 36 heavy (non-hydrogen) atoms. The minimum absolute atomic E-state index is 0.0632. The average molecular weight is 495 g/mol. The fourth-order valence-corrected chi connectivity index (χ4v) is 5.24. The first-order chi connectivity index (χ1) is 17.4. The fourth-order valence-electron chi connectivity index (χ4n) is 5.24. The van der Waals surface area contributed by atoms with Gasteiger partial charge in [0.1, 0.15) is 5.82 Å². The molecule has 1 fully saturated rings. The van der Waals surface area contributed by atoms with E-state index in [4.69, 9.17) is 10.8 Å². The second-order valence-corrected chi connectivity index (χ2v) is 9.59. The molecule has 7 nitrogen and oxygen atoms in total. The number of aromatic nitrogens is 2. The maximum atomic E-state index is 13.7. The maximum Gasteiger partial charge on any atom is 0.259 e. The van der Waals surface area contributed by atoms with E-state index in [1.54, 1.807) is 30.3 Å². The predicted octanol–water partition coefficient (Wildman–Crippen LogP) is 3.63. The molecule has 0 saturated carbocycles. The lowest BCUT2D eigenvalue weighted by molar-refractivity contribution is 0.0981. The number of hydrogen-bond acceptors (Lipinski definition) is 5. The lowest BCUT2D eigenvalue weighted by atomic mass is 9.97. The number of carbonyl (C=O) groups excluding carboxylic acids is 1. The van der Waals surface area contributed by atoms with Crippen LogP contribution < -0.4 is 15.5 Å². The van der Waals surface area contributed by atoms with Crippen LogP contribution in [0.1, 0.15) is 34.5 Å². The normalized spacial score (nSPS) is 16.1. The Bertz CT molecular complexity index is 1230. The summed E-state index contributed by atoms with van der Waals surface area (Å²) in [6.07, 6.45) is 4.09. The quantitative estimate of drug-likeness (QED) is 0.530. The smallest absolute Gasteiger partial charge is 0.259 e. The van der Waals surface area contributed by atoms with Crippen molar-refractivity contribution in [2.75, 3.05) is 54.8 Å². The number of carbonyl (C=O) groups is 1. The molecule has 2 heterocycles. The maximum absolute atomic E-state index is 13.7. The molecule has 0 atom stereocenters. The third-order valence-corrected chi connectivity index (χ3v) is 7.22. The van der Waals surface area contributed by atoms with Crippen molar-refractivity contribution in [2.45, 2.75) is 25.7 Å². The van der Waals surface area contributed by atoms with Crippen molar-refractivity contribution in [2.24, 2.45) is 7.05 Å². The summed E-state index contributed by atoms with van der Waals surface area (Å²) in [6, 6.07) is 11.1. The molecule has 0 spiro atoms. The van der Waals surface area contributed by atoms with Crippen molar-refractivity contribution in [1.29, 1.82) is 0 Å². The molecular weight excluding hydrogens is 462 g/mol. The van der Waals surface area contributed by atoms with E-state index < -0.39 is 11.6 Å². The molecule has 1 aromatic heterocycles. The number of nitrogen functional groups attached to an aromatic ring is 1. The van der Waals surface area contributed by atoms with Crippen LogP contribution in [0.25, 0.3) is 0 Å². The number of nitrogens with two attached hydrogens (primary N) is 1. The zero-order valence-electron chi connectivity index (χ0n) is 20.6. The van der Waals surface area contributed by atoms with Crippen LogP contribution in [0.15, 0.2) is 42.5 Å². The van der Waals surface area contributed by atoms with Crippen LogP contribution in [0.2, 0.25) is 0 Å². The molecular formula is C27H32F2N6O. The molecule has 0 bridgehead atoms. The highest BCUT2D eigenvalue weighted by Crippen LogP contribution is 2.31. The Hall–Kier alpha value is -3.46. The van der Waals surface area contributed by atoms with Crippen molar-refractivity contribution >= 4 is 23.1 Å². The molecule has 0 unspecified atom stereocenters. The Morgan fingerprint density at radius 2 is 1.72 bits per heavy atom. The Morgan fingerprint density at radius 3 is 2.44 bits per heavy atom. The number of anilines is 3. The molecule has 1 aliphatic carbocycles. The van der Waals surface area contributed by atoms with Gasteiger partial charge in [0, 0.05) is 74.9 Å². The Balaban J connectivity index is 1.31. The number of aryl methyl sites for hydroxylation is 2. The van der Waals surface area contributed by atoms with E-state index in [1.165, 1.54) is 17.7 Å². The fraction of sp³-hybridized carbons (Fsp3) is 0.407. The zero-order valence-corrected chi connectivity index (χ0v) is 20.6. The van der Waals surface area contributed by atoms with Crippen molar-refractivity contribution in [3.8, 4) is 0 Å². The molecule has 9 heteroatoms. The highest BCUT2D eigenvalue weighted by Gasteiger charge is 2.29. The van der Waals surface area contributed by atoms with E-state index in [2.05, 4.69) is 9.80 Å². The lowest BCUT2D eigenvalue weighted by Gasteiger charge is -2.37. The van der Waals surface area contributed by atoms with Gasteiger partial charge in [-0.3, -0.25) is 19.3 Å². The van der Waals surface area contributed by atoms with E-state index in [-0.39, 0.29) is 5.91 Å². The first-order valence-corrected chi connectivity index (χ1v) is 12.5. The molecule has 1 amide bonds. The van der Waals surface area contributed by atoms with E-state index in [0.29, 0.717) is 43.1 Å². The summed E-state index contributed by atoms with van der Waals surface area (Å²) >= 11 is 0. The molecule has 2 aromatic carbocycles. The number of benzene rings is 2. The summed E-state index contributed by atoms with van der Waals surface area (Å²) in [4.78, 5) is 19.9. The van der Waals surface area contributed by atoms with E-state index >= 15 is 0 Å². The largest absolute Gasteiger partial charge is 0.399 e. The van der Waals surface area contributed by atoms with Gasteiger partial charge in [0.2, 0.25) is 0 Å². The Labute approximate surface area is 210 Å². The number of amides is 1. The first-order valence-electron chi connectivity index (χ1n) is 12.5. The summed E-state index contributed by atoms with van der Waals surface area (Å²) in [5.74, 6) is -0.842. The van der Waals surface area contributed by atoms with Crippen LogP contribution in [0.3, 0.4) is 0 Å². The number of rotatable bonds is 6. The van der Waals surface area contributed by atoms with Crippen LogP contribution in [-0.4, -0.2) is 59.9 Å². The standard InChI is InChI=1S/C27H32F2N6O/c1-32-26(22-4-2-3-5-25(22)31-32)35(27(36)19-6-8-20(30)9-7-19)17-14-33-12-15-34(16-13-33)21-10-11-23(28)24(29)18-21/h6-11,18H,2-5,12-17,30H2,1H3. The van der Waals surface area contributed by atoms with Crippen molar-refractivity contribution in [3.63, 3.8) is 0 Å². The van der Waals surface area contributed by atoms with Crippen LogP contribution in [0, 0.1) is 11.6 Å². The third-order valence-electron chi connectivity index (χ3n) is 7.22. The van der Waals surface area contributed by atoms with Gasteiger partial charge in [0.15, 0.2) is 11.6 Å². The molecule has 2 aliphatic rings. The van der Waals surface area contributed by atoms with Crippen LogP contribution >= 0.6 is 0 Å². The second kappa shape index (κ2) is 10.3. The number of halogens is 2. The number of fused-ring (bicyclic) bond motifs is 1. The van der Waals surface area contributed by atoms with Crippen molar-refractivity contribution in [1.82, 2.24) is 14.7 Å². The highest BCUT2D eigenvalue weighted by atomic mass is 19.2. The van der Waals surface area contributed by atoms with Gasteiger partial charge < -0.3 is 10.6 Å². The number of nitrogens with zero attached hydrogens (tertiary/aromatic N) is 5. The van der Waals surface area contributed by atoms with Gasteiger partial charge in [-0.25, -0.2) is 8.78 Å². The lowest BCUT2D eigenvalue weighted by Crippen LogP contribution is -2.49. The SMILES string of the molecule is Cn1nc2c(c1N(CCN1CCN(c3ccc(F)c(F)c3)CC1)C(=O)c1ccc(N)cc1)CCCC2. The summed E-state index contributed by atoms with van der Waals surface area (Å²) in [7, 11) is 1.91. The molecule has 1 aliphatic heterocycles. The van der Waals surface area contributed by atoms with Gasteiger partial charge in [-0.05, 0) is 62.1 Å². The van der Waals surface area contributed by atoms with Crippen molar-refractivity contribution < 1.29 is 13.6 Å². The molecule has 5 rings (SSSR count). The van der Waals surface area contributed by atoms with Crippen molar-refractivity contribution in [3.05, 3.63) is 70.9 Å². The average Bonchev–Trinajstić information content (AvgIpc) is 3.22. The number of piperazine rings is 1. The van der Waals surface area contributed by atoms with Crippen LogP contribution in [-0.2, 0) is 19.9 Å². The minimum atomic E-state index is -0.833. The molecule has 190 valence electrons. The van der Waals surface area contributed by atoms with E-state index in [0.717, 1.165) is 50.3 Å². The summed E-state index contributed by atoms with van der Waals surface area (Å²) in [6.45, 7) is 4.18. The van der Waals surface area contributed by atoms with Gasteiger partial charge in [0.25, 0.3) is 5.91 Å². The highest BCUT2D eigenvalue weighted by molar-refractivity contribution is 6.06. The number of hydrogen-bond donors (Lipinski definition) is 1. The summed E-state index contributed by atoms with van der Waals surface area (Å²) in [5.41, 5.74) is 10.0. The van der Waals surface area contributed by atoms with Gasteiger partial charge in [-0.2, -0.15) is 5.10 Å². The van der Waals surface area contributed by atoms with Gasteiger partial charge in [0.05, 0.1) is 5.69 Å². The topological polar surface area (TPSA) is 70.6 Å². The molecule has 0 radical (unpaired) electrons. The second-order valence-electron chi connectivity index (χ2n) is 9.59. The minimum Gasteiger partial charge on any atom is -0.399 e. The Kier molecular flexibility index (Phi) is 6.91. The first kappa shape index (κ1) is 24.2. The predicted molar refractivity (Wildman–Crippen MR) is 137 cm³/mol. The summed E-state index contributed by atoms with van der Waals surface area (Å²) in [5, 5.41) is 4.74. The molecule has 1 saturated heterocycles. The van der Waals surface area contributed by atoms with Crippen LogP contribution in [0.5, 0.6) is 0 Å². The molecule has 2 N–H and O–H groups in total. The van der Waals surface area contributed by atoms with Gasteiger partial charge in [-0.15, -0.1) is 0 Å². The molecule has 3 aromatic rings. The van der Waals surface area contributed by atoms with Gasteiger partial charge >= 0.3 is 0 Å². The Morgan fingerprint density at radius 1 is 1.00 bits per heavy atom. The monoisotopic (exact) mass is 494 g/mol. The van der Waals surface area contributed by atoms with E-state index in [9.17, 15) is 13.6 Å². The third kappa shape index (κ3) is 4.93. The summed E-state index contributed by atoms with van der Waals surface area (Å²) < 4.78 is 28.9. The van der Waals surface area contributed by atoms with Gasteiger partial charge in [-0.1, -0.05) is 0 Å². The van der Waals surface area contributed by atoms with Crippen LogP contribution in [0.4, 0.5) is 26.0 Å².